The van der Waals surface area contributed by atoms with Crippen LogP contribution in [0, 0.1) is 15.9 Å². The number of non-ortho nitro benzene ring substituents is 1. The molecule has 0 aliphatic heterocycles. The van der Waals surface area contributed by atoms with E-state index in [9.17, 15) is 28.9 Å². The Morgan fingerprint density at radius 3 is 1.97 bits per heavy atom. The number of nitro groups is 1. The summed E-state index contributed by atoms with van der Waals surface area (Å²) < 4.78 is 17.9. The lowest BCUT2D eigenvalue weighted by atomic mass is 10.0. The summed E-state index contributed by atoms with van der Waals surface area (Å²) in [5.74, 6) is -2.22. The van der Waals surface area contributed by atoms with Crippen LogP contribution in [0.3, 0.4) is 0 Å². The number of rotatable bonds is 9. The van der Waals surface area contributed by atoms with E-state index in [0.717, 1.165) is 0 Å². The highest BCUT2D eigenvalue weighted by Crippen LogP contribution is 2.14. The van der Waals surface area contributed by atoms with Crippen LogP contribution in [0.25, 0.3) is 0 Å². The van der Waals surface area contributed by atoms with Crippen LogP contribution in [0.5, 0.6) is 0 Å². The number of hydrogen-bond acceptors (Lipinski definition) is 6. The van der Waals surface area contributed by atoms with Gasteiger partial charge in [0.25, 0.3) is 5.69 Å². The third-order valence-electron chi connectivity index (χ3n) is 4.44. The largest absolute Gasteiger partial charge is 0.467 e. The highest BCUT2D eigenvalue weighted by molar-refractivity contribution is 5.90. The number of nitrogens with one attached hydrogen (secondary N) is 2. The Balaban J connectivity index is 2.16. The molecule has 0 saturated heterocycles. The second-order valence-corrected chi connectivity index (χ2v) is 6.80. The van der Waals surface area contributed by atoms with E-state index in [4.69, 9.17) is 4.74 Å². The highest BCUT2D eigenvalue weighted by Gasteiger charge is 2.27. The molecule has 0 aliphatic carbocycles. The molecule has 0 unspecified atom stereocenters. The van der Waals surface area contributed by atoms with Gasteiger partial charge in [0.1, 0.15) is 17.9 Å². The van der Waals surface area contributed by atoms with Gasteiger partial charge in [-0.3, -0.25) is 19.7 Å². The second kappa shape index (κ2) is 10.8. The molecule has 0 heterocycles. The van der Waals surface area contributed by atoms with Crippen molar-refractivity contribution in [1.29, 1.82) is 0 Å². The predicted molar refractivity (Wildman–Crippen MR) is 108 cm³/mol. The first-order valence-electron chi connectivity index (χ1n) is 9.32. The number of benzene rings is 2. The summed E-state index contributed by atoms with van der Waals surface area (Å²) in [4.78, 5) is 46.8. The number of hydrogen-bond donors (Lipinski definition) is 2. The van der Waals surface area contributed by atoms with Crippen LogP contribution < -0.4 is 10.6 Å². The van der Waals surface area contributed by atoms with E-state index in [0.29, 0.717) is 11.1 Å². The van der Waals surface area contributed by atoms with Crippen LogP contribution >= 0.6 is 0 Å². The van der Waals surface area contributed by atoms with Gasteiger partial charge in [0.15, 0.2) is 0 Å². The molecule has 0 bridgehead atoms. The van der Waals surface area contributed by atoms with E-state index in [1.54, 1.807) is 0 Å². The third kappa shape index (κ3) is 7.18. The van der Waals surface area contributed by atoms with Crippen LogP contribution in [0.2, 0.25) is 0 Å². The van der Waals surface area contributed by atoms with Gasteiger partial charge in [0, 0.05) is 31.9 Å². The van der Waals surface area contributed by atoms with E-state index in [-0.39, 0.29) is 18.5 Å². The molecular weight excluding hydrogens is 409 g/mol. The maximum atomic E-state index is 13.1. The van der Waals surface area contributed by atoms with Gasteiger partial charge in [-0.2, -0.15) is 0 Å². The highest BCUT2D eigenvalue weighted by atomic mass is 19.1. The molecule has 2 rings (SSSR count). The van der Waals surface area contributed by atoms with E-state index in [1.807, 2.05) is 0 Å². The minimum atomic E-state index is -1.08. The minimum Gasteiger partial charge on any atom is -0.467 e. The average Bonchev–Trinajstić information content (AvgIpc) is 2.73. The molecule has 0 saturated carbocycles. The molecule has 0 aliphatic rings. The molecule has 2 aromatic rings. The molecule has 0 fully saturated rings. The number of methoxy groups -OCH3 is 1. The molecule has 0 spiro atoms. The van der Waals surface area contributed by atoms with E-state index in [1.165, 1.54) is 62.6 Å². The van der Waals surface area contributed by atoms with Crippen molar-refractivity contribution >= 4 is 23.5 Å². The van der Waals surface area contributed by atoms with Crippen molar-refractivity contribution < 1.29 is 28.4 Å². The number of nitro benzene ring substituents is 1. The number of nitrogens with zero attached hydrogens (tertiary/aromatic N) is 1. The first-order valence-corrected chi connectivity index (χ1v) is 9.32. The summed E-state index contributed by atoms with van der Waals surface area (Å²) in [5.41, 5.74) is 1.07. The summed E-state index contributed by atoms with van der Waals surface area (Å²) in [6, 6.07) is 8.91. The molecule has 10 heteroatoms. The summed E-state index contributed by atoms with van der Waals surface area (Å²) >= 11 is 0. The van der Waals surface area contributed by atoms with Crippen LogP contribution in [-0.4, -0.2) is 41.9 Å². The molecule has 0 aromatic heterocycles. The van der Waals surface area contributed by atoms with Crippen molar-refractivity contribution in [3.8, 4) is 0 Å². The Hall–Kier alpha value is -3.82. The number of esters is 1. The first kappa shape index (κ1) is 23.5. The number of carbonyl (C=O) groups is 3. The van der Waals surface area contributed by atoms with E-state index >= 15 is 0 Å². The van der Waals surface area contributed by atoms with Gasteiger partial charge >= 0.3 is 5.97 Å². The summed E-state index contributed by atoms with van der Waals surface area (Å²) in [6.45, 7) is 1.25. The number of carbonyl (C=O) groups excluding carboxylic acids is 3. The Morgan fingerprint density at radius 2 is 1.48 bits per heavy atom. The fourth-order valence-electron chi connectivity index (χ4n) is 2.91. The lowest BCUT2D eigenvalue weighted by Gasteiger charge is -2.22. The standard InChI is InChI=1S/C21H22FN3O6/c1-13(26)23-18(11-14-3-7-16(22)8-4-14)20(27)24-19(21(28)31-2)12-15-5-9-17(10-6-15)25(29)30/h3-10,18-19H,11-12H2,1-2H3,(H,23,26)(H,24,27)/t18-,19-/m1/s1. The van der Waals surface area contributed by atoms with Gasteiger partial charge in [-0.15, -0.1) is 0 Å². The Labute approximate surface area is 177 Å². The fourth-order valence-corrected chi connectivity index (χ4v) is 2.91. The van der Waals surface area contributed by atoms with Crippen LogP contribution in [0.4, 0.5) is 10.1 Å². The summed E-state index contributed by atoms with van der Waals surface area (Å²) in [7, 11) is 1.17. The second-order valence-electron chi connectivity index (χ2n) is 6.80. The van der Waals surface area contributed by atoms with Crippen molar-refractivity contribution in [1.82, 2.24) is 10.6 Å². The van der Waals surface area contributed by atoms with Gasteiger partial charge in [0.05, 0.1) is 12.0 Å². The van der Waals surface area contributed by atoms with Gasteiger partial charge in [-0.1, -0.05) is 24.3 Å². The predicted octanol–water partition coefficient (Wildman–Crippen LogP) is 1.68. The molecule has 2 amide bonds. The molecule has 9 nitrogen and oxygen atoms in total. The lowest BCUT2D eigenvalue weighted by Crippen LogP contribution is -2.53. The van der Waals surface area contributed by atoms with E-state index in [2.05, 4.69) is 10.6 Å². The molecule has 2 aromatic carbocycles. The average molecular weight is 431 g/mol. The van der Waals surface area contributed by atoms with Crippen molar-refractivity contribution in [2.75, 3.05) is 7.11 Å². The third-order valence-corrected chi connectivity index (χ3v) is 4.44. The Bertz CT molecular complexity index is 947. The lowest BCUT2D eigenvalue weighted by molar-refractivity contribution is -0.384. The Morgan fingerprint density at radius 1 is 0.968 bits per heavy atom. The summed E-state index contributed by atoms with van der Waals surface area (Å²) in [6.07, 6.45) is 0.108. The maximum Gasteiger partial charge on any atom is 0.328 e. The van der Waals surface area contributed by atoms with Gasteiger partial charge < -0.3 is 15.4 Å². The molecule has 31 heavy (non-hydrogen) atoms. The molecule has 2 atom stereocenters. The zero-order valence-electron chi connectivity index (χ0n) is 17.0. The smallest absolute Gasteiger partial charge is 0.328 e. The zero-order valence-corrected chi connectivity index (χ0v) is 17.0. The van der Waals surface area contributed by atoms with Crippen LogP contribution in [0.1, 0.15) is 18.1 Å². The molecule has 164 valence electrons. The molecular formula is C21H22FN3O6. The quantitative estimate of drug-likeness (QED) is 0.353. The van der Waals surface area contributed by atoms with Crippen LogP contribution in [0.15, 0.2) is 48.5 Å². The molecule has 2 N–H and O–H groups in total. The Kier molecular flexibility index (Phi) is 8.18. The fraction of sp³-hybridized carbons (Fsp3) is 0.286. The number of ether oxygens (including phenoxy) is 1. The maximum absolute atomic E-state index is 13.1. The minimum absolute atomic E-state index is 0.0275. The monoisotopic (exact) mass is 431 g/mol. The topological polar surface area (TPSA) is 128 Å². The van der Waals surface area contributed by atoms with Gasteiger partial charge in [0.2, 0.25) is 11.8 Å². The molecule has 0 radical (unpaired) electrons. The zero-order chi connectivity index (χ0) is 23.0. The first-order chi connectivity index (χ1) is 14.7. The number of halogens is 1. The number of amides is 2. The van der Waals surface area contributed by atoms with Crippen molar-refractivity contribution in [2.24, 2.45) is 0 Å². The van der Waals surface area contributed by atoms with Crippen molar-refractivity contribution in [3.05, 3.63) is 75.6 Å². The normalized spacial score (nSPS) is 12.4. The van der Waals surface area contributed by atoms with Gasteiger partial charge in [-0.05, 0) is 23.3 Å². The van der Waals surface area contributed by atoms with Crippen molar-refractivity contribution in [3.63, 3.8) is 0 Å². The van der Waals surface area contributed by atoms with Crippen LogP contribution in [-0.2, 0) is 32.0 Å². The van der Waals surface area contributed by atoms with Crippen molar-refractivity contribution in [2.45, 2.75) is 31.8 Å². The van der Waals surface area contributed by atoms with E-state index < -0.39 is 40.6 Å². The summed E-state index contributed by atoms with van der Waals surface area (Å²) in [5, 5.41) is 15.9. The SMILES string of the molecule is COC(=O)[C@@H](Cc1ccc([N+](=O)[O-])cc1)NC(=O)[C@@H](Cc1ccc(F)cc1)NC(C)=O. The van der Waals surface area contributed by atoms with Gasteiger partial charge in [-0.25, -0.2) is 9.18 Å².